The molecule has 0 radical (unpaired) electrons. The molecule has 446 valence electrons. The minimum Gasteiger partial charge on any atom is -0.477 e. The predicted octanol–water partition coefficient (Wildman–Crippen LogP) is 4.84. The van der Waals surface area contributed by atoms with Crippen LogP contribution >= 0.6 is 0 Å². The summed E-state index contributed by atoms with van der Waals surface area (Å²) >= 11 is 0. The second-order valence-corrected chi connectivity index (χ2v) is 24.1. The molecule has 0 spiro atoms. The van der Waals surface area contributed by atoms with Crippen molar-refractivity contribution < 1.29 is 82.2 Å². The number of carbonyl (C=O) groups excluding carboxylic acids is 3. The van der Waals surface area contributed by atoms with Gasteiger partial charge in [0.05, 0.1) is 60.6 Å². The van der Waals surface area contributed by atoms with Crippen molar-refractivity contribution in [2.75, 3.05) is 41.4 Å². The molecule has 3 fully saturated rings. The highest BCUT2D eigenvalue weighted by atomic mass is 16.7. The van der Waals surface area contributed by atoms with Gasteiger partial charge < -0.3 is 77.8 Å². The summed E-state index contributed by atoms with van der Waals surface area (Å²) < 4.78 is 59.1. The minimum absolute atomic E-state index is 0.0197. The highest BCUT2D eigenvalue weighted by Gasteiger charge is 2.55. The third-order valence-electron chi connectivity index (χ3n) is 17.4. The van der Waals surface area contributed by atoms with Crippen LogP contribution in [-0.2, 0) is 75.8 Å². The number of aromatic carboxylic acids is 1. The van der Waals surface area contributed by atoms with Gasteiger partial charge in [0.15, 0.2) is 18.7 Å². The number of Topliss-reactive ketones (excluding diaryl/α,β-unsaturated/α-hetero) is 1. The van der Waals surface area contributed by atoms with Crippen LogP contribution in [0.15, 0.2) is 23.1 Å². The normalized spacial score (nSPS) is 37.6. The van der Waals surface area contributed by atoms with Crippen LogP contribution in [0.4, 0.5) is 0 Å². The fourth-order valence-corrected chi connectivity index (χ4v) is 12.5. The molecule has 6 rings (SSSR count). The third kappa shape index (κ3) is 13.8. The average Bonchev–Trinajstić information content (AvgIpc) is 3.40. The number of benzene rings is 1. The van der Waals surface area contributed by atoms with Gasteiger partial charge in [0, 0.05) is 68.1 Å². The number of methoxy groups -OCH3 is 2. The van der Waals surface area contributed by atoms with Crippen LogP contribution in [0.5, 0.6) is 0 Å². The Labute approximate surface area is 465 Å². The van der Waals surface area contributed by atoms with Gasteiger partial charge in [-0.2, -0.15) is 0 Å². The van der Waals surface area contributed by atoms with E-state index in [2.05, 4.69) is 5.32 Å². The van der Waals surface area contributed by atoms with E-state index in [9.17, 15) is 44.4 Å². The molecule has 0 unspecified atom stereocenters. The molecule has 2 aromatic rings. The number of carboxylic acid groups (broad SMARTS) is 1. The number of aliphatic hydroxyl groups excluding tert-OH is 2. The number of hydrogen-bond donors (Lipinski definition) is 5. The van der Waals surface area contributed by atoms with Crippen LogP contribution in [0, 0.1) is 23.7 Å². The number of carboxylic acids is 1. The predicted molar refractivity (Wildman–Crippen MR) is 290 cm³/mol. The fraction of sp³-hybridized carbons (Fsp3) is 0.776. The van der Waals surface area contributed by atoms with Crippen molar-refractivity contribution in [3.63, 3.8) is 0 Å². The maximum atomic E-state index is 14.6. The summed E-state index contributed by atoms with van der Waals surface area (Å²) in [6.07, 6.45) is -7.07. The van der Waals surface area contributed by atoms with Gasteiger partial charge in [-0.1, -0.05) is 33.8 Å². The summed E-state index contributed by atoms with van der Waals surface area (Å²) in [4.78, 5) is 69.6. The lowest BCUT2D eigenvalue weighted by molar-refractivity contribution is -0.320. The Morgan fingerprint density at radius 2 is 1.54 bits per heavy atom. The second kappa shape index (κ2) is 25.7. The van der Waals surface area contributed by atoms with Crippen LogP contribution in [-0.4, -0.2) is 179 Å². The second-order valence-electron chi connectivity index (χ2n) is 24.1. The average molecular weight is 1120 g/mol. The Morgan fingerprint density at radius 3 is 2.16 bits per heavy atom. The highest BCUT2D eigenvalue weighted by Crippen LogP contribution is 2.43. The van der Waals surface area contributed by atoms with Crippen LogP contribution in [0.2, 0.25) is 0 Å². The molecular formula is C58H91N3O18. The number of likely N-dealkylation sites (N-methyl/N-ethyl adjacent to an activating group) is 1. The first kappa shape index (κ1) is 64.2. The first-order valence-electron chi connectivity index (χ1n) is 28.1. The van der Waals surface area contributed by atoms with E-state index in [1.165, 1.54) is 34.3 Å². The van der Waals surface area contributed by atoms with Crippen molar-refractivity contribution in [1.82, 2.24) is 14.8 Å². The SMILES string of the molecule is CC[C@H]1OC(=O)[C@H](C)[C@@H](O[C@H]2C[C@@](C)(OC)[C@@H](OC(=O)CCNCCCc3cc4c5c(c3)c(=O)c(C(=O)O)cn5C(C)(C)OC4)[C@H](C)O2)[C@H](C)[C@@H](O[C@@H]2O[C@H](C)C[C@H](N(C)C)[C@H]2O)[C@](C)(OC)C[C@@H](C)C(=O)[C@H](C)[C@@H](O)[C@]1(C)O. The van der Waals surface area contributed by atoms with Crippen LogP contribution in [0.25, 0.3) is 10.9 Å². The number of aryl methyl sites for hydroxylation is 1. The molecule has 21 nitrogen and oxygen atoms in total. The summed E-state index contributed by atoms with van der Waals surface area (Å²) in [7, 11) is 6.72. The quantitative estimate of drug-likeness (QED) is 0.105. The fourth-order valence-electron chi connectivity index (χ4n) is 12.5. The number of ketones is 1. The van der Waals surface area contributed by atoms with Gasteiger partial charge in [0.25, 0.3) is 0 Å². The molecule has 0 saturated carbocycles. The third-order valence-corrected chi connectivity index (χ3v) is 17.4. The van der Waals surface area contributed by atoms with Gasteiger partial charge in [-0.15, -0.1) is 0 Å². The molecule has 4 aliphatic heterocycles. The molecule has 3 saturated heterocycles. The Hall–Kier alpha value is -3.97. The number of aliphatic hydroxyl groups is 3. The van der Waals surface area contributed by atoms with E-state index in [0.717, 1.165) is 11.1 Å². The molecule has 1 aromatic heterocycles. The molecule has 79 heavy (non-hydrogen) atoms. The zero-order valence-electron chi connectivity index (χ0n) is 49.4. The van der Waals surface area contributed by atoms with E-state index in [0.29, 0.717) is 43.3 Å². The monoisotopic (exact) mass is 1120 g/mol. The summed E-state index contributed by atoms with van der Waals surface area (Å²) in [6, 6.07) is 3.40. The summed E-state index contributed by atoms with van der Waals surface area (Å²) in [5.74, 6) is -6.67. The lowest BCUT2D eigenvalue weighted by Crippen LogP contribution is -2.61. The summed E-state index contributed by atoms with van der Waals surface area (Å²) in [6.45, 7) is 21.7. The molecule has 0 bridgehead atoms. The zero-order valence-corrected chi connectivity index (χ0v) is 49.4. The van der Waals surface area contributed by atoms with Crippen LogP contribution in [0.1, 0.15) is 143 Å². The number of rotatable bonds is 17. The van der Waals surface area contributed by atoms with Gasteiger partial charge >= 0.3 is 17.9 Å². The topological polar surface area (TPSA) is 270 Å². The number of pyridine rings is 1. The van der Waals surface area contributed by atoms with Crippen molar-refractivity contribution in [3.8, 4) is 0 Å². The Bertz CT molecular complexity index is 2540. The van der Waals surface area contributed by atoms with Crippen molar-refractivity contribution in [2.45, 2.75) is 225 Å². The molecule has 5 N–H and O–H groups in total. The lowest BCUT2D eigenvalue weighted by atomic mass is 9.74. The molecule has 4 aliphatic rings. The standard InChI is InChI=1S/C58H91N3O18/c1-17-41-58(12,70)49(66)32(4)45(63)30(2)26-56(10,71-15)50(79-54-47(65)40(60(13)14)23-31(3)74-54)33(5)48(34(6)53(69)76-41)78-43-27-57(11,72-16)51(35(7)75-43)77-42(62)20-22-59-21-18-19-36-24-37-29-73-55(8,9)61-28-39(52(67)68)46(64)38(25-36)44(37)61/h24-25,28,30-35,40-41,43,47-51,54,59,65-66,70H,17-23,26-27,29H2,1-16H3,(H,67,68)/t30-,31-,32+,33+,34-,35+,40+,41-,43+,47-,48+,49-,50-,51+,54+,56-,57-,58-/m1/s1. The summed E-state index contributed by atoms with van der Waals surface area (Å²) in [5, 5.41) is 48.7. The van der Waals surface area contributed by atoms with Crippen LogP contribution < -0.4 is 10.7 Å². The first-order valence-corrected chi connectivity index (χ1v) is 28.1. The van der Waals surface area contributed by atoms with E-state index in [4.69, 9.17) is 42.6 Å². The number of aromatic nitrogens is 1. The van der Waals surface area contributed by atoms with Crippen LogP contribution in [0.3, 0.4) is 0 Å². The smallest absolute Gasteiger partial charge is 0.341 e. The number of cyclic esters (lactones) is 1. The summed E-state index contributed by atoms with van der Waals surface area (Å²) in [5.41, 5.74) is -3.93. The molecule has 0 aliphatic carbocycles. The van der Waals surface area contributed by atoms with Crippen molar-refractivity contribution in [2.24, 2.45) is 23.7 Å². The first-order chi connectivity index (χ1) is 36.9. The van der Waals surface area contributed by atoms with E-state index in [1.807, 2.05) is 52.8 Å². The zero-order chi connectivity index (χ0) is 58.9. The minimum atomic E-state index is -2.03. The van der Waals surface area contributed by atoms with Crippen molar-refractivity contribution in [1.29, 1.82) is 0 Å². The van der Waals surface area contributed by atoms with Gasteiger partial charge in [-0.25, -0.2) is 4.79 Å². The lowest BCUT2D eigenvalue weighted by Gasteiger charge is -2.50. The van der Waals surface area contributed by atoms with Gasteiger partial charge in [-0.05, 0) is 120 Å². The number of esters is 2. The number of nitrogens with zero attached hydrogens (tertiary/aromatic N) is 2. The molecule has 1 aromatic carbocycles. The van der Waals surface area contributed by atoms with E-state index in [1.54, 1.807) is 52.2 Å². The maximum absolute atomic E-state index is 14.6. The number of ether oxygens (including phenoxy) is 9. The number of hydrogen-bond acceptors (Lipinski definition) is 19. The Morgan fingerprint density at radius 1 is 0.886 bits per heavy atom. The molecule has 18 atom stereocenters. The molecule has 0 amide bonds. The van der Waals surface area contributed by atoms with Crippen molar-refractivity contribution >= 4 is 34.6 Å². The maximum Gasteiger partial charge on any atom is 0.341 e. The van der Waals surface area contributed by atoms with E-state index < -0.39 is 125 Å². The number of nitrogens with one attached hydrogen (secondary N) is 1. The van der Waals surface area contributed by atoms with Gasteiger partial charge in [-0.3, -0.25) is 19.2 Å². The van der Waals surface area contributed by atoms with E-state index in [-0.39, 0.29) is 55.8 Å². The highest BCUT2D eigenvalue weighted by molar-refractivity contribution is 5.94. The molecule has 21 heteroatoms. The Kier molecular flexibility index (Phi) is 20.9. The molecular weight excluding hydrogens is 1030 g/mol. The molecule has 5 heterocycles. The van der Waals surface area contributed by atoms with Gasteiger partial charge in [0.1, 0.15) is 40.5 Å². The largest absolute Gasteiger partial charge is 0.477 e. The van der Waals surface area contributed by atoms with E-state index >= 15 is 0 Å². The van der Waals surface area contributed by atoms with Crippen molar-refractivity contribution in [3.05, 3.63) is 45.2 Å². The Balaban J connectivity index is 1.19. The number of carbonyl (C=O) groups is 4. The van der Waals surface area contributed by atoms with Gasteiger partial charge in [0.2, 0.25) is 5.43 Å².